The fourth-order valence-corrected chi connectivity index (χ4v) is 1.85. The van der Waals surface area contributed by atoms with E-state index < -0.39 is 5.97 Å². The van der Waals surface area contributed by atoms with Crippen molar-refractivity contribution < 1.29 is 9.90 Å². The lowest BCUT2D eigenvalue weighted by Crippen LogP contribution is -1.98. The Kier molecular flexibility index (Phi) is 3.37. The van der Waals surface area contributed by atoms with Gasteiger partial charge in [0.25, 0.3) is 0 Å². The highest BCUT2D eigenvalue weighted by molar-refractivity contribution is 8.00. The van der Waals surface area contributed by atoms with Crippen molar-refractivity contribution in [1.29, 1.82) is 0 Å². The van der Waals surface area contributed by atoms with E-state index in [0.29, 0.717) is 0 Å². The molecular weight excluding hydrogens is 184 g/mol. The van der Waals surface area contributed by atoms with Gasteiger partial charge in [0, 0.05) is 4.90 Å². The Morgan fingerprint density at radius 1 is 1.46 bits per heavy atom. The molecule has 1 aromatic rings. The molecule has 3 heteroatoms. The van der Waals surface area contributed by atoms with Crippen LogP contribution < -0.4 is 0 Å². The lowest BCUT2D eigenvalue weighted by Gasteiger charge is -2.05. The van der Waals surface area contributed by atoms with Crippen molar-refractivity contribution in [2.75, 3.05) is 5.75 Å². The summed E-state index contributed by atoms with van der Waals surface area (Å²) >= 11 is 1.37. The van der Waals surface area contributed by atoms with Gasteiger partial charge in [-0.25, -0.2) is 0 Å². The fraction of sp³-hybridized carbons (Fsp3) is 0.300. The summed E-state index contributed by atoms with van der Waals surface area (Å²) in [4.78, 5) is 11.4. The summed E-state index contributed by atoms with van der Waals surface area (Å²) < 4.78 is 0. The molecule has 2 nitrogen and oxygen atoms in total. The molecule has 70 valence electrons. The summed E-state index contributed by atoms with van der Waals surface area (Å²) in [5.74, 6) is -0.643. The average molecular weight is 196 g/mol. The van der Waals surface area contributed by atoms with Crippen molar-refractivity contribution in [1.82, 2.24) is 0 Å². The standard InChI is InChI=1S/C10H12O2S/c1-7-4-3-5-9(8(7)2)13-6-10(11)12/h3-5H,6H2,1-2H3,(H,11,12). The van der Waals surface area contributed by atoms with Gasteiger partial charge in [0.2, 0.25) is 0 Å². The van der Waals surface area contributed by atoms with Crippen LogP contribution in [-0.4, -0.2) is 16.8 Å². The number of carboxylic acid groups (broad SMARTS) is 1. The van der Waals surface area contributed by atoms with Gasteiger partial charge in [-0.3, -0.25) is 4.79 Å². The van der Waals surface area contributed by atoms with E-state index >= 15 is 0 Å². The number of carboxylic acids is 1. The quantitative estimate of drug-likeness (QED) is 0.755. The molecule has 0 aromatic heterocycles. The fourth-order valence-electron chi connectivity index (χ4n) is 1.02. The lowest BCUT2D eigenvalue weighted by atomic mass is 10.1. The number of benzene rings is 1. The highest BCUT2D eigenvalue weighted by Crippen LogP contribution is 2.23. The Bertz CT molecular complexity index is 321. The van der Waals surface area contributed by atoms with Crippen LogP contribution in [0.1, 0.15) is 11.1 Å². The molecule has 0 aliphatic rings. The second-order valence-electron chi connectivity index (χ2n) is 2.88. The summed E-state index contributed by atoms with van der Waals surface area (Å²) in [6.45, 7) is 4.04. The number of thioether (sulfide) groups is 1. The minimum Gasteiger partial charge on any atom is -0.481 e. The van der Waals surface area contributed by atoms with Gasteiger partial charge in [-0.1, -0.05) is 12.1 Å². The second-order valence-corrected chi connectivity index (χ2v) is 3.90. The first-order valence-electron chi connectivity index (χ1n) is 4.02. The first kappa shape index (κ1) is 10.1. The summed E-state index contributed by atoms with van der Waals surface area (Å²) in [5.41, 5.74) is 2.38. The van der Waals surface area contributed by atoms with Crippen molar-refractivity contribution in [3.8, 4) is 0 Å². The number of aryl methyl sites for hydroxylation is 1. The smallest absolute Gasteiger partial charge is 0.313 e. The molecule has 0 heterocycles. The molecule has 0 fully saturated rings. The third-order valence-electron chi connectivity index (χ3n) is 1.91. The zero-order valence-electron chi connectivity index (χ0n) is 7.70. The van der Waals surface area contributed by atoms with E-state index in [1.807, 2.05) is 32.0 Å². The lowest BCUT2D eigenvalue weighted by molar-refractivity contribution is -0.133. The largest absolute Gasteiger partial charge is 0.481 e. The Morgan fingerprint density at radius 2 is 2.15 bits per heavy atom. The van der Waals surface area contributed by atoms with E-state index in [9.17, 15) is 4.79 Å². The highest BCUT2D eigenvalue weighted by Gasteiger charge is 2.03. The maximum atomic E-state index is 10.3. The molecule has 0 aliphatic carbocycles. The molecule has 0 saturated carbocycles. The van der Waals surface area contributed by atoms with Gasteiger partial charge in [0.1, 0.15) is 0 Å². The Labute approximate surface area is 82.0 Å². The minimum atomic E-state index is -0.772. The highest BCUT2D eigenvalue weighted by atomic mass is 32.2. The van der Waals surface area contributed by atoms with Gasteiger partial charge in [-0.2, -0.15) is 0 Å². The summed E-state index contributed by atoms with van der Waals surface area (Å²) in [5, 5.41) is 8.51. The average Bonchev–Trinajstić information content (AvgIpc) is 2.07. The first-order chi connectivity index (χ1) is 6.11. The van der Waals surface area contributed by atoms with Crippen LogP contribution in [0.2, 0.25) is 0 Å². The van der Waals surface area contributed by atoms with E-state index in [4.69, 9.17) is 5.11 Å². The zero-order chi connectivity index (χ0) is 9.84. The van der Waals surface area contributed by atoms with Crippen LogP contribution in [0.5, 0.6) is 0 Å². The van der Waals surface area contributed by atoms with Crippen LogP contribution in [0.25, 0.3) is 0 Å². The minimum absolute atomic E-state index is 0.129. The van der Waals surface area contributed by atoms with Gasteiger partial charge in [0.05, 0.1) is 5.75 Å². The Morgan fingerprint density at radius 3 is 2.77 bits per heavy atom. The molecule has 1 rings (SSSR count). The van der Waals surface area contributed by atoms with Crippen LogP contribution in [-0.2, 0) is 4.79 Å². The van der Waals surface area contributed by atoms with E-state index in [0.717, 1.165) is 4.90 Å². The summed E-state index contributed by atoms with van der Waals surface area (Å²) in [6.07, 6.45) is 0. The third kappa shape index (κ3) is 2.77. The molecule has 13 heavy (non-hydrogen) atoms. The monoisotopic (exact) mass is 196 g/mol. The topological polar surface area (TPSA) is 37.3 Å². The number of carbonyl (C=O) groups is 1. The zero-order valence-corrected chi connectivity index (χ0v) is 8.52. The molecule has 0 unspecified atom stereocenters. The SMILES string of the molecule is Cc1cccc(SCC(=O)O)c1C. The van der Waals surface area contributed by atoms with Gasteiger partial charge in [0.15, 0.2) is 0 Å². The molecule has 0 saturated heterocycles. The van der Waals surface area contributed by atoms with E-state index in [-0.39, 0.29) is 5.75 Å². The molecule has 0 amide bonds. The first-order valence-corrected chi connectivity index (χ1v) is 5.00. The number of hydrogen-bond donors (Lipinski definition) is 1. The van der Waals surface area contributed by atoms with Crippen LogP contribution in [0.15, 0.2) is 23.1 Å². The van der Waals surface area contributed by atoms with Gasteiger partial charge >= 0.3 is 5.97 Å². The predicted octanol–water partition coefficient (Wildman–Crippen LogP) is 2.48. The van der Waals surface area contributed by atoms with Crippen molar-refractivity contribution in [2.24, 2.45) is 0 Å². The van der Waals surface area contributed by atoms with Crippen LogP contribution in [0.3, 0.4) is 0 Å². The summed E-state index contributed by atoms with van der Waals surface area (Å²) in [6, 6.07) is 5.93. The van der Waals surface area contributed by atoms with E-state index in [2.05, 4.69) is 0 Å². The van der Waals surface area contributed by atoms with E-state index in [1.165, 1.54) is 22.9 Å². The molecular formula is C10H12O2S. The molecule has 0 atom stereocenters. The number of rotatable bonds is 3. The second kappa shape index (κ2) is 4.33. The number of hydrogen-bond acceptors (Lipinski definition) is 2. The number of aliphatic carboxylic acids is 1. The van der Waals surface area contributed by atoms with Gasteiger partial charge < -0.3 is 5.11 Å². The Balaban J connectivity index is 2.77. The molecule has 0 bridgehead atoms. The van der Waals surface area contributed by atoms with Crippen molar-refractivity contribution >= 4 is 17.7 Å². The molecule has 0 spiro atoms. The van der Waals surface area contributed by atoms with Crippen molar-refractivity contribution in [3.05, 3.63) is 29.3 Å². The van der Waals surface area contributed by atoms with E-state index in [1.54, 1.807) is 0 Å². The van der Waals surface area contributed by atoms with Crippen LogP contribution in [0.4, 0.5) is 0 Å². The van der Waals surface area contributed by atoms with Crippen LogP contribution >= 0.6 is 11.8 Å². The van der Waals surface area contributed by atoms with Gasteiger partial charge in [-0.05, 0) is 31.0 Å². The maximum Gasteiger partial charge on any atom is 0.313 e. The van der Waals surface area contributed by atoms with Crippen molar-refractivity contribution in [3.63, 3.8) is 0 Å². The molecule has 1 aromatic carbocycles. The summed E-state index contributed by atoms with van der Waals surface area (Å²) in [7, 11) is 0. The normalized spacial score (nSPS) is 10.0. The van der Waals surface area contributed by atoms with Gasteiger partial charge in [-0.15, -0.1) is 11.8 Å². The maximum absolute atomic E-state index is 10.3. The van der Waals surface area contributed by atoms with Crippen molar-refractivity contribution in [2.45, 2.75) is 18.7 Å². The predicted molar refractivity (Wildman–Crippen MR) is 54.3 cm³/mol. The third-order valence-corrected chi connectivity index (χ3v) is 3.05. The Hall–Kier alpha value is -0.960. The van der Waals surface area contributed by atoms with Crippen LogP contribution in [0, 0.1) is 13.8 Å². The molecule has 0 aliphatic heterocycles. The molecule has 0 radical (unpaired) electrons. The molecule has 1 N–H and O–H groups in total.